The molecule has 3 aromatic heterocycles. The number of nitrogens with zero attached hydrogens (tertiary/aromatic N) is 7. The third-order valence-corrected chi connectivity index (χ3v) is 5.07. The normalized spacial score (nSPS) is 15.4. The van der Waals surface area contributed by atoms with Crippen LogP contribution in [0.15, 0.2) is 24.7 Å². The van der Waals surface area contributed by atoms with E-state index in [1.807, 2.05) is 33.4 Å². The number of piperidine rings is 1. The van der Waals surface area contributed by atoms with E-state index in [0.29, 0.717) is 17.6 Å². The van der Waals surface area contributed by atoms with Crippen molar-refractivity contribution in [1.82, 2.24) is 34.4 Å². The average Bonchev–Trinajstić information content (AvgIpc) is 3.29. The number of nitrogens with one attached hydrogen (secondary N) is 2. The lowest BCUT2D eigenvalue weighted by molar-refractivity contribution is 0.105. The second kappa shape index (κ2) is 8.08. The van der Waals surface area contributed by atoms with Crippen molar-refractivity contribution in [3.05, 3.63) is 24.7 Å². The molecule has 4 rings (SSSR count). The number of hydrogen-bond donors (Lipinski definition) is 2. The van der Waals surface area contributed by atoms with E-state index in [1.165, 1.54) is 0 Å². The largest absolute Gasteiger partial charge is 0.474 e. The van der Waals surface area contributed by atoms with E-state index in [0.717, 1.165) is 42.9 Å². The third kappa shape index (κ3) is 4.32. The number of likely N-dealkylation sites (tertiary alicyclic amines) is 1. The summed E-state index contributed by atoms with van der Waals surface area (Å²) in [6.07, 6.45) is 7.76. The summed E-state index contributed by atoms with van der Waals surface area (Å²) in [6.45, 7) is 2.11. The molecule has 10 heteroatoms. The summed E-state index contributed by atoms with van der Waals surface area (Å²) in [6, 6.07) is 1.88. The van der Waals surface area contributed by atoms with Crippen molar-refractivity contribution in [2.24, 2.45) is 14.1 Å². The lowest BCUT2D eigenvalue weighted by Crippen LogP contribution is -2.35. The van der Waals surface area contributed by atoms with Crippen LogP contribution in [0.4, 0.5) is 17.6 Å². The lowest BCUT2D eigenvalue weighted by atomic mass is 10.1. The highest BCUT2D eigenvalue weighted by Gasteiger charge is 2.20. The minimum Gasteiger partial charge on any atom is -0.474 e. The fourth-order valence-corrected chi connectivity index (χ4v) is 3.41. The van der Waals surface area contributed by atoms with E-state index >= 15 is 0 Å². The lowest BCUT2D eigenvalue weighted by Gasteiger charge is -2.29. The minimum atomic E-state index is 0.223. The number of aromatic nitrogens is 6. The van der Waals surface area contributed by atoms with Gasteiger partial charge < -0.3 is 20.3 Å². The molecule has 1 aliphatic rings. The maximum Gasteiger partial charge on any atom is 0.230 e. The van der Waals surface area contributed by atoms with Crippen LogP contribution in [-0.4, -0.2) is 67.7 Å². The van der Waals surface area contributed by atoms with E-state index in [-0.39, 0.29) is 6.10 Å². The molecule has 29 heavy (non-hydrogen) atoms. The molecule has 0 amide bonds. The van der Waals surface area contributed by atoms with Gasteiger partial charge in [-0.15, -0.1) is 0 Å². The van der Waals surface area contributed by atoms with Gasteiger partial charge in [0.1, 0.15) is 11.9 Å². The Kier molecular flexibility index (Phi) is 5.34. The minimum absolute atomic E-state index is 0.223. The van der Waals surface area contributed by atoms with Crippen LogP contribution in [0.5, 0.6) is 5.88 Å². The second-order valence-corrected chi connectivity index (χ2v) is 7.35. The zero-order valence-corrected chi connectivity index (χ0v) is 17.3. The zero-order valence-electron chi connectivity index (χ0n) is 17.3. The van der Waals surface area contributed by atoms with Crippen molar-refractivity contribution in [2.75, 3.05) is 37.8 Å². The van der Waals surface area contributed by atoms with Crippen LogP contribution in [-0.2, 0) is 14.1 Å². The van der Waals surface area contributed by atoms with Crippen molar-refractivity contribution in [3.8, 4) is 17.0 Å². The van der Waals surface area contributed by atoms with Gasteiger partial charge in [0, 0.05) is 63.8 Å². The third-order valence-electron chi connectivity index (χ3n) is 5.07. The average molecular weight is 397 g/mol. The molecule has 3 aromatic rings. The summed E-state index contributed by atoms with van der Waals surface area (Å²) in [5.74, 6) is 2.56. The number of hydrogen-bond acceptors (Lipinski definition) is 8. The van der Waals surface area contributed by atoms with E-state index < -0.39 is 0 Å². The van der Waals surface area contributed by atoms with E-state index in [9.17, 15) is 0 Å². The van der Waals surface area contributed by atoms with Crippen LogP contribution < -0.4 is 15.4 Å². The maximum atomic E-state index is 6.15. The fourth-order valence-electron chi connectivity index (χ4n) is 3.41. The molecule has 0 unspecified atom stereocenters. The summed E-state index contributed by atoms with van der Waals surface area (Å²) in [7, 11) is 7.73. The Morgan fingerprint density at radius 2 is 1.93 bits per heavy atom. The molecule has 154 valence electrons. The highest BCUT2D eigenvalue weighted by atomic mass is 16.5. The highest BCUT2D eigenvalue weighted by Crippen LogP contribution is 2.27. The first-order chi connectivity index (χ1) is 14.0. The van der Waals surface area contributed by atoms with E-state index in [1.54, 1.807) is 21.8 Å². The van der Waals surface area contributed by atoms with Gasteiger partial charge >= 0.3 is 0 Å². The quantitative estimate of drug-likeness (QED) is 0.651. The van der Waals surface area contributed by atoms with Gasteiger partial charge in [0.15, 0.2) is 5.82 Å². The van der Waals surface area contributed by atoms with Crippen molar-refractivity contribution in [2.45, 2.75) is 18.9 Å². The van der Waals surface area contributed by atoms with Crippen molar-refractivity contribution in [1.29, 1.82) is 0 Å². The Hall–Kier alpha value is -3.14. The Morgan fingerprint density at radius 1 is 1.14 bits per heavy atom. The standard InChI is InChI=1S/C19H27N9O/c1-20-18-15(13-10-22-27(3)12-13)11-21-19(24-18)23-16-9-17(28(4)25-16)29-14-5-7-26(2)8-6-14/h9-12,14H,5-8H2,1-4H3,(H2,20,21,23,24,25). The summed E-state index contributed by atoms with van der Waals surface area (Å²) in [5, 5.41) is 15.0. The van der Waals surface area contributed by atoms with Gasteiger partial charge in [-0.1, -0.05) is 0 Å². The topological polar surface area (TPSA) is 98.0 Å². The van der Waals surface area contributed by atoms with Crippen LogP contribution in [0.25, 0.3) is 11.1 Å². The summed E-state index contributed by atoms with van der Waals surface area (Å²) < 4.78 is 9.64. The summed E-state index contributed by atoms with van der Waals surface area (Å²) >= 11 is 0. The van der Waals surface area contributed by atoms with Crippen molar-refractivity contribution in [3.63, 3.8) is 0 Å². The first kappa shape index (κ1) is 19.2. The van der Waals surface area contributed by atoms with Crippen LogP contribution in [0, 0.1) is 0 Å². The van der Waals surface area contributed by atoms with Gasteiger partial charge in [0.25, 0.3) is 0 Å². The number of aryl methyl sites for hydroxylation is 2. The molecule has 1 fully saturated rings. The first-order valence-corrected chi connectivity index (χ1v) is 9.72. The molecule has 0 aliphatic carbocycles. The molecular formula is C19H27N9O. The second-order valence-electron chi connectivity index (χ2n) is 7.35. The van der Waals surface area contributed by atoms with Crippen molar-refractivity contribution >= 4 is 17.6 Å². The molecule has 0 atom stereocenters. The molecule has 0 saturated carbocycles. The number of anilines is 3. The Morgan fingerprint density at radius 3 is 2.62 bits per heavy atom. The summed E-state index contributed by atoms with van der Waals surface area (Å²) in [4.78, 5) is 11.3. The predicted molar refractivity (Wildman–Crippen MR) is 111 cm³/mol. The Balaban J connectivity index is 1.48. The van der Waals surface area contributed by atoms with Gasteiger partial charge in [0.05, 0.1) is 6.20 Å². The van der Waals surface area contributed by atoms with Crippen LogP contribution in [0.1, 0.15) is 12.8 Å². The van der Waals surface area contributed by atoms with Crippen molar-refractivity contribution < 1.29 is 4.74 Å². The van der Waals surface area contributed by atoms with Crippen LogP contribution >= 0.6 is 0 Å². The molecule has 1 saturated heterocycles. The Labute approximate surface area is 169 Å². The molecular weight excluding hydrogens is 370 g/mol. The SMILES string of the molecule is CNc1nc(Nc2cc(OC3CCN(C)CC3)n(C)n2)ncc1-c1cnn(C)c1. The highest BCUT2D eigenvalue weighted by molar-refractivity contribution is 5.74. The Bertz CT molecular complexity index is 972. The van der Waals surface area contributed by atoms with Crippen LogP contribution in [0.2, 0.25) is 0 Å². The molecule has 0 bridgehead atoms. The van der Waals surface area contributed by atoms with Crippen LogP contribution in [0.3, 0.4) is 0 Å². The molecule has 0 aromatic carbocycles. The fraction of sp³-hybridized carbons (Fsp3) is 0.474. The van der Waals surface area contributed by atoms with E-state index in [2.05, 4.69) is 42.7 Å². The van der Waals surface area contributed by atoms with E-state index in [4.69, 9.17) is 4.74 Å². The predicted octanol–water partition coefficient (Wildman–Crippen LogP) is 1.87. The molecule has 0 spiro atoms. The van der Waals surface area contributed by atoms with Gasteiger partial charge in [-0.2, -0.15) is 15.2 Å². The smallest absolute Gasteiger partial charge is 0.230 e. The number of rotatable bonds is 6. The van der Waals surface area contributed by atoms with Gasteiger partial charge in [0.2, 0.25) is 11.8 Å². The first-order valence-electron chi connectivity index (χ1n) is 9.72. The maximum absolute atomic E-state index is 6.15. The monoisotopic (exact) mass is 397 g/mol. The molecule has 2 N–H and O–H groups in total. The van der Waals surface area contributed by atoms with Gasteiger partial charge in [-0.05, 0) is 19.9 Å². The van der Waals surface area contributed by atoms with Gasteiger partial charge in [-0.3, -0.25) is 4.68 Å². The molecule has 4 heterocycles. The summed E-state index contributed by atoms with van der Waals surface area (Å²) in [5.41, 5.74) is 1.84. The molecule has 10 nitrogen and oxygen atoms in total. The molecule has 0 radical (unpaired) electrons. The number of ether oxygens (including phenoxy) is 1. The van der Waals surface area contributed by atoms with Gasteiger partial charge in [-0.25, -0.2) is 9.67 Å². The zero-order chi connectivity index (χ0) is 20.4. The molecule has 1 aliphatic heterocycles.